The molecule has 2 saturated heterocycles. The number of ether oxygens (including phenoxy) is 1. The number of aryl methyl sites for hydroxylation is 2. The molecule has 2 fully saturated rings. The van der Waals surface area contributed by atoms with E-state index in [9.17, 15) is 14.4 Å². The van der Waals surface area contributed by atoms with Crippen LogP contribution in [0.5, 0.6) is 5.75 Å². The first kappa shape index (κ1) is 19.9. The topological polar surface area (TPSA) is 66.9 Å². The van der Waals surface area contributed by atoms with E-state index in [4.69, 9.17) is 4.74 Å². The van der Waals surface area contributed by atoms with Crippen LogP contribution < -0.4 is 4.74 Å². The average Bonchev–Trinajstić information content (AvgIpc) is 3.05. The Bertz CT molecular complexity index is 868. The van der Waals surface area contributed by atoms with Gasteiger partial charge in [0.2, 0.25) is 11.8 Å². The van der Waals surface area contributed by atoms with Crippen molar-refractivity contribution in [1.82, 2.24) is 9.80 Å². The predicted molar refractivity (Wildman–Crippen MR) is 109 cm³/mol. The van der Waals surface area contributed by atoms with Crippen molar-refractivity contribution in [2.24, 2.45) is 5.92 Å². The lowest BCUT2D eigenvalue weighted by Gasteiger charge is -2.44. The fraction of sp³-hybridized carbons (Fsp3) is 0.609. The number of likely N-dealkylation sites (tertiary alicyclic amines) is 2. The van der Waals surface area contributed by atoms with Crippen LogP contribution in [0.2, 0.25) is 0 Å². The van der Waals surface area contributed by atoms with Gasteiger partial charge in [0.1, 0.15) is 11.4 Å². The summed E-state index contributed by atoms with van der Waals surface area (Å²) in [5.74, 6) is 0.715. The summed E-state index contributed by atoms with van der Waals surface area (Å²) in [6, 6.07) is 4.08. The van der Waals surface area contributed by atoms with Gasteiger partial charge in [-0.05, 0) is 44.9 Å². The fourth-order valence-electron chi connectivity index (χ4n) is 5.01. The van der Waals surface area contributed by atoms with Gasteiger partial charge in [0, 0.05) is 44.9 Å². The highest BCUT2D eigenvalue weighted by Gasteiger charge is 2.46. The Balaban J connectivity index is 1.44. The van der Waals surface area contributed by atoms with Gasteiger partial charge in [-0.25, -0.2) is 0 Å². The number of rotatable bonds is 2. The number of nitrogens with zero attached hydrogens (tertiary/aromatic N) is 2. The highest BCUT2D eigenvalue weighted by atomic mass is 16.5. The zero-order valence-electron chi connectivity index (χ0n) is 17.8. The maximum absolute atomic E-state index is 13.0. The minimum Gasteiger partial charge on any atom is -0.486 e. The van der Waals surface area contributed by atoms with E-state index in [-0.39, 0.29) is 29.6 Å². The van der Waals surface area contributed by atoms with Crippen molar-refractivity contribution < 1.29 is 19.1 Å². The smallest absolute Gasteiger partial charge is 0.227 e. The molecule has 1 spiro atoms. The van der Waals surface area contributed by atoms with Crippen LogP contribution in [-0.4, -0.2) is 58.7 Å². The van der Waals surface area contributed by atoms with Crippen molar-refractivity contribution in [3.05, 3.63) is 28.8 Å². The molecule has 3 aliphatic rings. The third-order valence-electron chi connectivity index (χ3n) is 6.64. The molecule has 6 heteroatoms. The number of piperidine rings is 1. The first-order chi connectivity index (χ1) is 13.7. The molecule has 6 nitrogen and oxygen atoms in total. The number of amides is 2. The molecule has 1 aromatic carbocycles. The highest BCUT2D eigenvalue weighted by Crippen LogP contribution is 2.41. The van der Waals surface area contributed by atoms with Gasteiger partial charge < -0.3 is 14.5 Å². The summed E-state index contributed by atoms with van der Waals surface area (Å²) in [5.41, 5.74) is 2.22. The van der Waals surface area contributed by atoms with Crippen LogP contribution in [0, 0.1) is 19.8 Å². The van der Waals surface area contributed by atoms with Crippen LogP contribution in [0.25, 0.3) is 0 Å². The van der Waals surface area contributed by atoms with Gasteiger partial charge in [0.05, 0.1) is 17.9 Å². The largest absolute Gasteiger partial charge is 0.486 e. The molecule has 3 aliphatic heterocycles. The summed E-state index contributed by atoms with van der Waals surface area (Å²) < 4.78 is 6.41. The van der Waals surface area contributed by atoms with E-state index in [1.54, 1.807) is 4.90 Å². The Morgan fingerprint density at radius 1 is 1.17 bits per heavy atom. The summed E-state index contributed by atoms with van der Waals surface area (Å²) in [5, 5.41) is 0. The van der Waals surface area contributed by atoms with Crippen molar-refractivity contribution in [2.75, 3.05) is 19.6 Å². The van der Waals surface area contributed by atoms with Crippen molar-refractivity contribution in [3.8, 4) is 5.75 Å². The van der Waals surface area contributed by atoms with Crippen LogP contribution in [0.15, 0.2) is 12.1 Å². The van der Waals surface area contributed by atoms with Crippen LogP contribution in [-0.2, 0) is 9.59 Å². The molecule has 0 saturated carbocycles. The van der Waals surface area contributed by atoms with E-state index in [0.717, 1.165) is 11.1 Å². The molecule has 3 heterocycles. The van der Waals surface area contributed by atoms with E-state index in [1.165, 1.54) is 0 Å². The summed E-state index contributed by atoms with van der Waals surface area (Å²) in [4.78, 5) is 41.6. The molecule has 0 aliphatic carbocycles. The summed E-state index contributed by atoms with van der Waals surface area (Å²) >= 11 is 0. The lowest BCUT2D eigenvalue weighted by molar-refractivity contribution is -0.139. The van der Waals surface area contributed by atoms with Crippen molar-refractivity contribution in [3.63, 3.8) is 0 Å². The Morgan fingerprint density at radius 2 is 1.86 bits per heavy atom. The lowest BCUT2D eigenvalue weighted by Crippen LogP contribution is -2.53. The van der Waals surface area contributed by atoms with Crippen LogP contribution in [0.1, 0.15) is 61.0 Å². The molecule has 0 radical (unpaired) electrons. The van der Waals surface area contributed by atoms with Crippen LogP contribution >= 0.6 is 0 Å². The lowest BCUT2D eigenvalue weighted by atomic mass is 9.81. The molecule has 1 unspecified atom stereocenters. The third-order valence-corrected chi connectivity index (χ3v) is 6.64. The Hall–Kier alpha value is -2.37. The van der Waals surface area contributed by atoms with Crippen LogP contribution in [0.4, 0.5) is 0 Å². The number of fused-ring (bicyclic) bond motifs is 1. The van der Waals surface area contributed by atoms with Gasteiger partial charge in [-0.2, -0.15) is 0 Å². The quantitative estimate of drug-likeness (QED) is 0.768. The monoisotopic (exact) mass is 398 g/mol. The molecule has 2 amide bonds. The Morgan fingerprint density at radius 3 is 2.48 bits per heavy atom. The van der Waals surface area contributed by atoms with E-state index in [1.807, 2.05) is 44.7 Å². The van der Waals surface area contributed by atoms with E-state index >= 15 is 0 Å². The normalized spacial score (nSPS) is 23.6. The second kappa shape index (κ2) is 7.15. The minimum absolute atomic E-state index is 0.0608. The maximum Gasteiger partial charge on any atom is 0.227 e. The maximum atomic E-state index is 13.0. The minimum atomic E-state index is -0.518. The molecule has 0 bridgehead atoms. The second-order valence-corrected chi connectivity index (χ2v) is 9.21. The van der Waals surface area contributed by atoms with Gasteiger partial charge in [0.25, 0.3) is 0 Å². The second-order valence-electron chi connectivity index (χ2n) is 9.21. The van der Waals surface area contributed by atoms with E-state index in [0.29, 0.717) is 56.6 Å². The standard InChI is InChI=1S/C23H30N2O4/c1-14(2)25-13-17(11-20(25)27)22(28)24-7-5-23(6-8-24)12-19(26)18-10-15(3)9-16(4)21(18)29-23/h9-10,14,17H,5-8,11-13H2,1-4H3. The number of Topliss-reactive ketones (excluding diaryl/α,β-unsaturated/α-hetero) is 1. The molecule has 1 aromatic rings. The highest BCUT2D eigenvalue weighted by molar-refractivity contribution is 6.01. The molecule has 156 valence electrons. The number of hydrogen-bond acceptors (Lipinski definition) is 4. The van der Waals surface area contributed by atoms with Gasteiger partial charge in [-0.1, -0.05) is 6.07 Å². The first-order valence-corrected chi connectivity index (χ1v) is 10.6. The zero-order valence-corrected chi connectivity index (χ0v) is 17.8. The predicted octanol–water partition coefficient (Wildman–Crippen LogP) is 2.89. The molecular weight excluding hydrogens is 368 g/mol. The molecule has 4 rings (SSSR count). The first-order valence-electron chi connectivity index (χ1n) is 10.6. The number of carbonyl (C=O) groups is 3. The summed E-state index contributed by atoms with van der Waals surface area (Å²) in [7, 11) is 0. The Kier molecular flexibility index (Phi) is 4.91. The van der Waals surface area contributed by atoms with Crippen molar-refractivity contribution in [2.45, 2.75) is 65.0 Å². The van der Waals surface area contributed by atoms with Gasteiger partial charge in [-0.3, -0.25) is 14.4 Å². The SMILES string of the molecule is Cc1cc(C)c2c(c1)C(=O)CC1(CCN(C(=O)C3CC(=O)N(C(C)C)C3)CC1)O2. The van der Waals surface area contributed by atoms with Gasteiger partial charge in [0.15, 0.2) is 5.78 Å². The van der Waals surface area contributed by atoms with E-state index < -0.39 is 5.60 Å². The number of benzene rings is 1. The molecule has 0 aromatic heterocycles. The molecular formula is C23H30N2O4. The fourth-order valence-corrected chi connectivity index (χ4v) is 5.01. The van der Waals surface area contributed by atoms with E-state index in [2.05, 4.69) is 0 Å². The zero-order chi connectivity index (χ0) is 20.9. The Labute approximate surface area is 172 Å². The van der Waals surface area contributed by atoms with Crippen molar-refractivity contribution in [1.29, 1.82) is 0 Å². The van der Waals surface area contributed by atoms with Crippen LogP contribution in [0.3, 0.4) is 0 Å². The molecule has 1 atom stereocenters. The average molecular weight is 399 g/mol. The summed E-state index contributed by atoms with van der Waals surface area (Å²) in [6.45, 7) is 9.58. The van der Waals surface area contributed by atoms with Gasteiger partial charge in [-0.15, -0.1) is 0 Å². The number of ketones is 1. The number of carbonyl (C=O) groups excluding carboxylic acids is 3. The third kappa shape index (κ3) is 3.53. The summed E-state index contributed by atoms with van der Waals surface area (Å²) in [6.07, 6.45) is 1.96. The van der Waals surface area contributed by atoms with Crippen molar-refractivity contribution >= 4 is 17.6 Å². The number of hydrogen-bond donors (Lipinski definition) is 0. The molecule has 0 N–H and O–H groups in total. The van der Waals surface area contributed by atoms with Gasteiger partial charge >= 0.3 is 0 Å². The molecule has 29 heavy (non-hydrogen) atoms.